The summed E-state index contributed by atoms with van der Waals surface area (Å²) in [5.74, 6) is 1.22. The smallest absolute Gasteiger partial charge is 0.264 e. The first-order valence-corrected chi connectivity index (χ1v) is 12.6. The predicted octanol–water partition coefficient (Wildman–Crippen LogP) is 3.46. The lowest BCUT2D eigenvalue weighted by molar-refractivity contribution is -0.127. The number of nitrogens with zero attached hydrogens (tertiary/aromatic N) is 1. The molecule has 0 bridgehead atoms. The molecule has 35 heavy (non-hydrogen) atoms. The van der Waals surface area contributed by atoms with Crippen LogP contribution in [0.25, 0.3) is 0 Å². The topological polar surface area (TPSA) is 94.2 Å². The van der Waals surface area contributed by atoms with E-state index in [0.717, 1.165) is 16.9 Å². The van der Waals surface area contributed by atoms with Crippen LogP contribution in [0.4, 0.5) is 5.69 Å². The Morgan fingerprint density at radius 3 is 2.54 bits per heavy atom. The molecule has 1 heterocycles. The Labute approximate surface area is 205 Å². The molecule has 3 aromatic rings. The van der Waals surface area contributed by atoms with E-state index < -0.39 is 22.0 Å². The van der Waals surface area contributed by atoms with Crippen molar-refractivity contribution in [3.8, 4) is 17.2 Å². The zero-order chi connectivity index (χ0) is 25.0. The Kier molecular flexibility index (Phi) is 7.16. The van der Waals surface area contributed by atoms with Gasteiger partial charge in [-0.25, -0.2) is 8.42 Å². The molecule has 0 fully saturated rings. The fraction of sp³-hybridized carbons (Fsp3) is 0.269. The van der Waals surface area contributed by atoms with Gasteiger partial charge in [0.2, 0.25) is 0 Å². The molecule has 0 spiro atoms. The molecular weight excluding hydrogens is 468 g/mol. The van der Waals surface area contributed by atoms with E-state index in [0.29, 0.717) is 17.2 Å². The van der Waals surface area contributed by atoms with Crippen LogP contribution in [-0.2, 0) is 14.8 Å². The molecule has 4 rings (SSSR count). The highest BCUT2D eigenvalue weighted by molar-refractivity contribution is 7.92. The number of carbonyl (C=O) groups excluding carboxylic acids is 1. The molecule has 0 unspecified atom stereocenters. The number of carbonyl (C=O) groups is 1. The third-order valence-corrected chi connectivity index (χ3v) is 7.47. The van der Waals surface area contributed by atoms with E-state index in [9.17, 15) is 13.2 Å². The standard InChI is InChI=1S/C26H28N2O6S/c1-18-8-13-22-24(16-18)34-25(26(29)27-14-15-33-23-7-5-4-6-19(23)2)17-28(22)35(30,31)21-11-9-20(32-3)10-12-21/h4-13,16,25H,14-15,17H2,1-3H3,(H,27,29)/t25-/m1/s1. The minimum atomic E-state index is -3.95. The van der Waals surface area contributed by atoms with Crippen molar-refractivity contribution in [2.24, 2.45) is 0 Å². The number of methoxy groups -OCH3 is 1. The normalized spacial score (nSPS) is 15.1. The van der Waals surface area contributed by atoms with E-state index in [-0.39, 0.29) is 24.6 Å². The first-order chi connectivity index (χ1) is 16.8. The third kappa shape index (κ3) is 5.35. The second-order valence-corrected chi connectivity index (χ2v) is 10.1. The number of para-hydroxylation sites is 1. The molecule has 1 amide bonds. The van der Waals surface area contributed by atoms with Crippen molar-refractivity contribution in [1.29, 1.82) is 0 Å². The van der Waals surface area contributed by atoms with Gasteiger partial charge < -0.3 is 19.5 Å². The Balaban J connectivity index is 1.50. The predicted molar refractivity (Wildman–Crippen MR) is 133 cm³/mol. The van der Waals surface area contributed by atoms with Gasteiger partial charge in [-0.05, 0) is 67.4 Å². The molecule has 9 heteroatoms. The van der Waals surface area contributed by atoms with E-state index >= 15 is 0 Å². The second-order valence-electron chi connectivity index (χ2n) is 8.19. The van der Waals surface area contributed by atoms with Crippen molar-refractivity contribution in [3.63, 3.8) is 0 Å². The lowest BCUT2D eigenvalue weighted by Gasteiger charge is -2.35. The lowest BCUT2D eigenvalue weighted by Crippen LogP contribution is -2.51. The van der Waals surface area contributed by atoms with Gasteiger partial charge in [0.05, 0.1) is 30.8 Å². The van der Waals surface area contributed by atoms with Gasteiger partial charge in [-0.15, -0.1) is 0 Å². The molecule has 0 saturated heterocycles. The van der Waals surface area contributed by atoms with Gasteiger partial charge in [-0.2, -0.15) is 0 Å². The molecule has 0 radical (unpaired) electrons. The fourth-order valence-corrected chi connectivity index (χ4v) is 5.24. The maximum Gasteiger partial charge on any atom is 0.264 e. The summed E-state index contributed by atoms with van der Waals surface area (Å²) in [6.07, 6.45) is -1.02. The van der Waals surface area contributed by atoms with E-state index in [2.05, 4.69) is 5.32 Å². The molecule has 1 aliphatic heterocycles. The number of sulfonamides is 1. The van der Waals surface area contributed by atoms with Gasteiger partial charge in [0.1, 0.15) is 23.9 Å². The molecule has 184 valence electrons. The summed E-state index contributed by atoms with van der Waals surface area (Å²) in [7, 11) is -2.44. The highest BCUT2D eigenvalue weighted by atomic mass is 32.2. The number of fused-ring (bicyclic) bond motifs is 1. The maximum absolute atomic E-state index is 13.5. The SMILES string of the molecule is COc1ccc(S(=O)(=O)N2C[C@H](C(=O)NCCOc3ccccc3C)Oc3cc(C)ccc32)cc1. The summed E-state index contributed by atoms with van der Waals surface area (Å²) >= 11 is 0. The summed E-state index contributed by atoms with van der Waals surface area (Å²) in [5.41, 5.74) is 2.28. The number of ether oxygens (including phenoxy) is 3. The molecule has 8 nitrogen and oxygen atoms in total. The highest BCUT2D eigenvalue weighted by Gasteiger charge is 2.37. The molecule has 1 N–H and O–H groups in total. The molecule has 1 aliphatic rings. The number of benzene rings is 3. The average molecular weight is 497 g/mol. The van der Waals surface area contributed by atoms with Crippen LogP contribution in [-0.4, -0.2) is 47.2 Å². The first kappa shape index (κ1) is 24.4. The Morgan fingerprint density at radius 1 is 1.09 bits per heavy atom. The average Bonchev–Trinajstić information content (AvgIpc) is 2.86. The van der Waals surface area contributed by atoms with Crippen molar-refractivity contribution in [3.05, 3.63) is 77.9 Å². The minimum absolute atomic E-state index is 0.0949. The van der Waals surface area contributed by atoms with Gasteiger partial charge in [-0.3, -0.25) is 9.10 Å². The van der Waals surface area contributed by atoms with E-state index in [1.54, 1.807) is 24.3 Å². The number of aryl methyl sites for hydroxylation is 2. The number of anilines is 1. The van der Waals surface area contributed by atoms with Crippen LogP contribution in [0, 0.1) is 13.8 Å². The summed E-state index contributed by atoms with van der Waals surface area (Å²) in [6.45, 7) is 4.18. The van der Waals surface area contributed by atoms with Crippen molar-refractivity contribution in [2.45, 2.75) is 24.8 Å². The number of rotatable bonds is 8. The quantitative estimate of drug-likeness (QED) is 0.480. The molecule has 3 aromatic carbocycles. The third-order valence-electron chi connectivity index (χ3n) is 5.68. The summed E-state index contributed by atoms with van der Waals surface area (Å²) in [5, 5.41) is 2.79. The fourth-order valence-electron chi connectivity index (χ4n) is 3.77. The minimum Gasteiger partial charge on any atom is -0.497 e. The first-order valence-electron chi connectivity index (χ1n) is 11.2. The van der Waals surface area contributed by atoms with Crippen molar-refractivity contribution >= 4 is 21.6 Å². The van der Waals surface area contributed by atoms with Crippen molar-refractivity contribution in [2.75, 3.05) is 31.1 Å². The second kappa shape index (κ2) is 10.3. The van der Waals surface area contributed by atoms with Gasteiger partial charge in [-0.1, -0.05) is 24.3 Å². The van der Waals surface area contributed by atoms with Crippen LogP contribution in [0.5, 0.6) is 17.2 Å². The van der Waals surface area contributed by atoms with Crippen LogP contribution < -0.4 is 23.8 Å². The van der Waals surface area contributed by atoms with Gasteiger partial charge in [0, 0.05) is 0 Å². The molecule has 1 atom stereocenters. The Morgan fingerprint density at radius 2 is 1.83 bits per heavy atom. The summed E-state index contributed by atoms with van der Waals surface area (Å²) in [6, 6.07) is 19.0. The number of amides is 1. The summed E-state index contributed by atoms with van der Waals surface area (Å²) in [4.78, 5) is 13.0. The van der Waals surface area contributed by atoms with Crippen LogP contribution >= 0.6 is 0 Å². The number of hydrogen-bond acceptors (Lipinski definition) is 6. The van der Waals surface area contributed by atoms with Crippen molar-refractivity contribution < 1.29 is 27.4 Å². The molecule has 0 saturated carbocycles. The molecule has 0 aliphatic carbocycles. The van der Waals surface area contributed by atoms with Gasteiger partial charge >= 0.3 is 0 Å². The monoisotopic (exact) mass is 496 g/mol. The summed E-state index contributed by atoms with van der Waals surface area (Å²) < 4.78 is 45.1. The van der Waals surface area contributed by atoms with Crippen LogP contribution in [0.15, 0.2) is 71.6 Å². The lowest BCUT2D eigenvalue weighted by atomic mass is 10.1. The van der Waals surface area contributed by atoms with Crippen LogP contribution in [0.2, 0.25) is 0 Å². The van der Waals surface area contributed by atoms with Crippen molar-refractivity contribution in [1.82, 2.24) is 5.32 Å². The Bertz CT molecular complexity index is 1310. The van der Waals surface area contributed by atoms with Gasteiger partial charge in [0.25, 0.3) is 15.9 Å². The van der Waals surface area contributed by atoms with Crippen LogP contribution in [0.3, 0.4) is 0 Å². The zero-order valence-electron chi connectivity index (χ0n) is 19.9. The van der Waals surface area contributed by atoms with E-state index in [1.807, 2.05) is 44.2 Å². The van der Waals surface area contributed by atoms with E-state index in [1.165, 1.54) is 23.5 Å². The van der Waals surface area contributed by atoms with Gasteiger partial charge in [0.15, 0.2) is 6.10 Å². The maximum atomic E-state index is 13.5. The van der Waals surface area contributed by atoms with E-state index in [4.69, 9.17) is 14.2 Å². The number of hydrogen-bond donors (Lipinski definition) is 1. The zero-order valence-corrected chi connectivity index (χ0v) is 20.7. The highest BCUT2D eigenvalue weighted by Crippen LogP contribution is 2.38. The molecule has 0 aromatic heterocycles. The number of nitrogens with one attached hydrogen (secondary N) is 1. The van der Waals surface area contributed by atoms with Crippen LogP contribution in [0.1, 0.15) is 11.1 Å². The Hall–Kier alpha value is -3.72. The molecular formula is C26H28N2O6S. The largest absolute Gasteiger partial charge is 0.497 e.